The molecule has 1 N–H and O–H groups in total. The number of anilines is 1. The van der Waals surface area contributed by atoms with E-state index in [9.17, 15) is 8.78 Å². The van der Waals surface area contributed by atoms with Gasteiger partial charge in [0.2, 0.25) is 0 Å². The van der Waals surface area contributed by atoms with Crippen molar-refractivity contribution in [2.24, 2.45) is 0 Å². The number of hydrogen-bond donors (Lipinski definition) is 1. The molecule has 1 unspecified atom stereocenters. The fourth-order valence-corrected chi connectivity index (χ4v) is 1.12. The van der Waals surface area contributed by atoms with Crippen molar-refractivity contribution in [1.82, 2.24) is 0 Å². The predicted molar refractivity (Wildman–Crippen MR) is 56.1 cm³/mol. The summed E-state index contributed by atoms with van der Waals surface area (Å²) in [5.41, 5.74) is 0.472. The Hall–Kier alpha value is -1.16. The molecule has 0 bridgehead atoms. The number of hydrogen-bond acceptors (Lipinski definition) is 2. The molecule has 1 aromatic carbocycles. The Morgan fingerprint density at radius 3 is 2.60 bits per heavy atom. The van der Waals surface area contributed by atoms with Gasteiger partial charge in [-0.05, 0) is 25.5 Å². The summed E-state index contributed by atoms with van der Waals surface area (Å²) in [5, 5.41) is 2.79. The van der Waals surface area contributed by atoms with Crippen molar-refractivity contribution in [3.05, 3.63) is 29.3 Å². The first-order chi connectivity index (χ1) is 7.04. The molecule has 0 aliphatic heterocycles. The number of ether oxygens (including phenoxy) is 1. The van der Waals surface area contributed by atoms with E-state index in [-0.39, 0.29) is 11.8 Å². The van der Waals surface area contributed by atoms with Gasteiger partial charge in [0.25, 0.3) is 0 Å². The fraction of sp³-hybridized carbons (Fsp3) is 0.455. The Morgan fingerprint density at radius 2 is 2.00 bits per heavy atom. The second-order valence-corrected chi connectivity index (χ2v) is 3.51. The number of halogens is 2. The zero-order chi connectivity index (χ0) is 11.4. The number of rotatable bonds is 4. The molecule has 0 radical (unpaired) electrons. The topological polar surface area (TPSA) is 21.3 Å². The number of methoxy groups -OCH3 is 1. The minimum Gasteiger partial charge on any atom is -0.380 e. The van der Waals surface area contributed by atoms with Gasteiger partial charge in [0.1, 0.15) is 11.6 Å². The van der Waals surface area contributed by atoms with E-state index in [0.29, 0.717) is 12.1 Å². The van der Waals surface area contributed by atoms with Crippen LogP contribution in [0.2, 0.25) is 0 Å². The van der Waals surface area contributed by atoms with Crippen LogP contribution in [-0.4, -0.2) is 19.8 Å². The quantitative estimate of drug-likeness (QED) is 0.833. The van der Waals surface area contributed by atoms with Gasteiger partial charge in [-0.2, -0.15) is 0 Å². The van der Waals surface area contributed by atoms with Crippen LogP contribution < -0.4 is 5.32 Å². The van der Waals surface area contributed by atoms with E-state index in [4.69, 9.17) is 4.74 Å². The van der Waals surface area contributed by atoms with Gasteiger partial charge in [0.15, 0.2) is 0 Å². The first kappa shape index (κ1) is 11.9. The average Bonchev–Trinajstić information content (AvgIpc) is 2.21. The zero-order valence-corrected chi connectivity index (χ0v) is 9.10. The van der Waals surface area contributed by atoms with Crippen LogP contribution in [0, 0.1) is 18.6 Å². The molecule has 0 saturated carbocycles. The van der Waals surface area contributed by atoms with Gasteiger partial charge in [-0.1, -0.05) is 0 Å². The molecular formula is C11H15F2NO. The molecule has 1 atom stereocenters. The van der Waals surface area contributed by atoms with Crippen molar-refractivity contribution in [3.63, 3.8) is 0 Å². The smallest absolute Gasteiger partial charge is 0.146 e. The molecule has 4 heteroatoms. The molecule has 0 spiro atoms. The summed E-state index contributed by atoms with van der Waals surface area (Å²) in [5.74, 6) is -0.860. The molecule has 0 aliphatic carbocycles. The van der Waals surface area contributed by atoms with E-state index in [1.807, 2.05) is 6.92 Å². The van der Waals surface area contributed by atoms with Gasteiger partial charge >= 0.3 is 0 Å². The summed E-state index contributed by atoms with van der Waals surface area (Å²) in [6, 6.07) is 2.34. The Labute approximate surface area is 88.3 Å². The molecule has 84 valence electrons. The monoisotopic (exact) mass is 215 g/mol. The van der Waals surface area contributed by atoms with Crippen molar-refractivity contribution in [2.45, 2.75) is 20.0 Å². The second kappa shape index (κ2) is 5.07. The van der Waals surface area contributed by atoms with E-state index in [2.05, 4.69) is 5.32 Å². The molecule has 1 aromatic rings. The highest BCUT2D eigenvalue weighted by Gasteiger charge is 2.07. The summed E-state index contributed by atoms with van der Waals surface area (Å²) >= 11 is 0. The lowest BCUT2D eigenvalue weighted by Gasteiger charge is -2.13. The third-order valence-corrected chi connectivity index (χ3v) is 2.23. The van der Waals surface area contributed by atoms with E-state index in [1.54, 1.807) is 7.11 Å². The van der Waals surface area contributed by atoms with E-state index < -0.39 is 11.6 Å². The maximum absolute atomic E-state index is 13.3. The highest BCUT2D eigenvalue weighted by atomic mass is 19.1. The number of aryl methyl sites for hydroxylation is 1. The molecule has 2 nitrogen and oxygen atoms in total. The zero-order valence-electron chi connectivity index (χ0n) is 9.10. The SMILES string of the molecule is COC(C)CNc1cc(F)c(C)cc1F. The molecule has 0 amide bonds. The Morgan fingerprint density at radius 1 is 1.33 bits per heavy atom. The van der Waals surface area contributed by atoms with E-state index >= 15 is 0 Å². The van der Waals surface area contributed by atoms with Crippen LogP contribution in [0.4, 0.5) is 14.5 Å². The minimum absolute atomic E-state index is 0.0474. The molecule has 15 heavy (non-hydrogen) atoms. The van der Waals surface area contributed by atoms with Crippen LogP contribution in [0.25, 0.3) is 0 Å². The Balaban J connectivity index is 2.73. The number of nitrogens with one attached hydrogen (secondary N) is 1. The molecule has 0 aromatic heterocycles. The summed E-state index contributed by atoms with van der Waals surface area (Å²) in [4.78, 5) is 0. The standard InChI is InChI=1S/C11H15F2NO/c1-7-4-10(13)11(5-9(7)12)14-6-8(2)15-3/h4-5,8,14H,6H2,1-3H3. The predicted octanol–water partition coefficient (Wildman–Crippen LogP) is 2.72. The van der Waals surface area contributed by atoms with Gasteiger partial charge in [0.05, 0.1) is 11.8 Å². The van der Waals surface area contributed by atoms with Crippen LogP contribution in [0.3, 0.4) is 0 Å². The van der Waals surface area contributed by atoms with Crippen molar-refractivity contribution in [3.8, 4) is 0 Å². The Bertz CT molecular complexity index is 342. The largest absolute Gasteiger partial charge is 0.380 e. The first-order valence-electron chi connectivity index (χ1n) is 4.77. The molecule has 0 heterocycles. The molecular weight excluding hydrogens is 200 g/mol. The van der Waals surface area contributed by atoms with Gasteiger partial charge in [-0.15, -0.1) is 0 Å². The fourth-order valence-electron chi connectivity index (χ4n) is 1.12. The normalized spacial score (nSPS) is 12.6. The first-order valence-corrected chi connectivity index (χ1v) is 4.77. The number of benzene rings is 1. The van der Waals surface area contributed by atoms with Gasteiger partial charge < -0.3 is 10.1 Å². The van der Waals surface area contributed by atoms with Crippen molar-refractivity contribution >= 4 is 5.69 Å². The maximum Gasteiger partial charge on any atom is 0.146 e. The highest BCUT2D eigenvalue weighted by Crippen LogP contribution is 2.18. The van der Waals surface area contributed by atoms with Crippen LogP contribution in [0.5, 0.6) is 0 Å². The highest BCUT2D eigenvalue weighted by molar-refractivity contribution is 5.46. The molecule has 0 saturated heterocycles. The summed E-state index contributed by atoms with van der Waals surface area (Å²) < 4.78 is 31.4. The molecule has 1 rings (SSSR count). The maximum atomic E-state index is 13.3. The van der Waals surface area contributed by atoms with Gasteiger partial charge in [-0.25, -0.2) is 8.78 Å². The van der Waals surface area contributed by atoms with Crippen molar-refractivity contribution in [1.29, 1.82) is 0 Å². The van der Waals surface area contributed by atoms with Crippen molar-refractivity contribution in [2.75, 3.05) is 19.0 Å². The summed E-state index contributed by atoms with van der Waals surface area (Å²) in [6.07, 6.45) is -0.0474. The average molecular weight is 215 g/mol. The lowest BCUT2D eigenvalue weighted by atomic mass is 10.2. The summed E-state index contributed by atoms with van der Waals surface area (Å²) in [6.45, 7) is 3.81. The van der Waals surface area contributed by atoms with Crippen molar-refractivity contribution < 1.29 is 13.5 Å². The lowest BCUT2D eigenvalue weighted by Crippen LogP contribution is -2.18. The lowest BCUT2D eigenvalue weighted by molar-refractivity contribution is 0.128. The van der Waals surface area contributed by atoms with Crippen LogP contribution in [0.15, 0.2) is 12.1 Å². The van der Waals surface area contributed by atoms with E-state index in [0.717, 1.165) is 6.07 Å². The third-order valence-electron chi connectivity index (χ3n) is 2.23. The van der Waals surface area contributed by atoms with Gasteiger partial charge in [0, 0.05) is 19.7 Å². The second-order valence-electron chi connectivity index (χ2n) is 3.51. The summed E-state index contributed by atoms with van der Waals surface area (Å²) in [7, 11) is 1.57. The van der Waals surface area contributed by atoms with E-state index in [1.165, 1.54) is 13.0 Å². The Kier molecular flexibility index (Phi) is 4.03. The van der Waals surface area contributed by atoms with Crippen LogP contribution >= 0.6 is 0 Å². The third kappa shape index (κ3) is 3.16. The molecule has 0 aliphatic rings. The van der Waals surface area contributed by atoms with Crippen LogP contribution in [-0.2, 0) is 4.74 Å². The molecule has 0 fully saturated rings. The van der Waals surface area contributed by atoms with Gasteiger partial charge in [-0.3, -0.25) is 0 Å². The van der Waals surface area contributed by atoms with Crippen LogP contribution in [0.1, 0.15) is 12.5 Å². The minimum atomic E-state index is -0.447.